The molecule has 0 saturated carbocycles. The van der Waals surface area contributed by atoms with Crippen LogP contribution in [-0.4, -0.2) is 10.1 Å². The molecule has 6 heteroatoms. The van der Waals surface area contributed by atoms with Gasteiger partial charge in [-0.3, -0.25) is 0 Å². The van der Waals surface area contributed by atoms with E-state index in [0.717, 1.165) is 0 Å². The van der Waals surface area contributed by atoms with Crippen molar-refractivity contribution in [3.63, 3.8) is 0 Å². The number of halogens is 1. The van der Waals surface area contributed by atoms with Crippen LogP contribution in [0.1, 0.15) is 0 Å². The van der Waals surface area contributed by atoms with Gasteiger partial charge in [-0.05, 0) is 17.0 Å². The molecule has 2 N–H and O–H groups in total. The van der Waals surface area contributed by atoms with Crippen molar-refractivity contribution in [1.29, 1.82) is 0 Å². The molecule has 0 radical (unpaired) electrons. The lowest BCUT2D eigenvalue weighted by atomic mass is 10.3. The highest BCUT2D eigenvalue weighted by atomic mass is 35.5. The van der Waals surface area contributed by atoms with Gasteiger partial charge in [0, 0.05) is 11.1 Å². The highest BCUT2D eigenvalue weighted by molar-refractivity contribution is 6.31. The zero-order chi connectivity index (χ0) is 9.42. The number of hydrogen-bond donors (Lipinski definition) is 1. The smallest absolute Gasteiger partial charge is 0.288 e. The molecule has 0 unspecified atom stereocenters. The van der Waals surface area contributed by atoms with Gasteiger partial charge >= 0.3 is 0 Å². The molecule has 2 rings (SSSR count). The Hall–Kier alpha value is -1.62. The van der Waals surface area contributed by atoms with Gasteiger partial charge in [0.05, 0.1) is 5.10 Å². The Kier molecular flexibility index (Phi) is 1.66. The van der Waals surface area contributed by atoms with E-state index in [9.17, 15) is 5.21 Å². The molecule has 1 aromatic carbocycles. The van der Waals surface area contributed by atoms with E-state index < -0.39 is 0 Å². The summed E-state index contributed by atoms with van der Waals surface area (Å²) in [5.74, 6) is -0.0511. The number of hydrogen-bond acceptors (Lipinski definition) is 4. The Labute approximate surface area is 78.3 Å². The molecule has 5 nitrogen and oxygen atoms in total. The molecule has 1 heterocycles. The predicted molar refractivity (Wildman–Crippen MR) is 47.9 cm³/mol. The summed E-state index contributed by atoms with van der Waals surface area (Å²) in [6, 6.07) is 4.74. The molecule has 0 fully saturated rings. The second-order valence-corrected chi connectivity index (χ2v) is 2.91. The van der Waals surface area contributed by atoms with Crippen LogP contribution >= 0.6 is 11.6 Å². The summed E-state index contributed by atoms with van der Waals surface area (Å²) in [6.45, 7) is 0. The summed E-state index contributed by atoms with van der Waals surface area (Å²) < 4.78 is 0. The van der Waals surface area contributed by atoms with E-state index >= 15 is 0 Å². The molecule has 0 aliphatic carbocycles. The van der Waals surface area contributed by atoms with E-state index in [4.69, 9.17) is 17.3 Å². The average molecular weight is 197 g/mol. The fourth-order valence-electron chi connectivity index (χ4n) is 1.04. The van der Waals surface area contributed by atoms with Crippen molar-refractivity contribution in [2.75, 3.05) is 5.73 Å². The molecule has 0 aliphatic rings. The number of nitrogens with two attached hydrogens (primary N) is 1. The van der Waals surface area contributed by atoms with Gasteiger partial charge in [0.25, 0.3) is 11.5 Å². The second-order valence-electron chi connectivity index (χ2n) is 2.48. The van der Waals surface area contributed by atoms with Crippen molar-refractivity contribution < 1.29 is 4.85 Å². The zero-order valence-electron chi connectivity index (χ0n) is 6.44. The van der Waals surface area contributed by atoms with Crippen molar-refractivity contribution in [2.45, 2.75) is 0 Å². The zero-order valence-corrected chi connectivity index (χ0v) is 7.19. The molecule has 0 amide bonds. The molecule has 0 atom stereocenters. The lowest BCUT2D eigenvalue weighted by Crippen LogP contribution is -2.33. The first-order chi connectivity index (χ1) is 6.16. The minimum absolute atomic E-state index is 0.0511. The third-order valence-corrected chi connectivity index (χ3v) is 1.81. The predicted octanol–water partition coefficient (Wildman–Crippen LogP) is 0.499. The molecule has 1 aromatic heterocycles. The number of aromatic nitrogens is 3. The summed E-state index contributed by atoms with van der Waals surface area (Å²) in [7, 11) is 0. The van der Waals surface area contributed by atoms with E-state index in [1.54, 1.807) is 12.1 Å². The number of benzene rings is 1. The summed E-state index contributed by atoms with van der Waals surface area (Å²) in [5, 5.41) is 15.1. The summed E-state index contributed by atoms with van der Waals surface area (Å²) in [5.41, 5.74) is 6.07. The Balaban J connectivity index is 2.87. The van der Waals surface area contributed by atoms with E-state index in [2.05, 4.69) is 10.1 Å². The van der Waals surface area contributed by atoms with Crippen LogP contribution in [0.25, 0.3) is 11.0 Å². The van der Waals surface area contributed by atoms with Crippen LogP contribution in [0.4, 0.5) is 5.95 Å². The minimum Gasteiger partial charge on any atom is -0.594 e. The maximum absolute atomic E-state index is 11.2. The van der Waals surface area contributed by atoms with Crippen molar-refractivity contribution >= 4 is 28.6 Å². The normalized spacial score (nSPS) is 10.5. The number of anilines is 1. The van der Waals surface area contributed by atoms with Gasteiger partial charge in [-0.2, -0.15) is 0 Å². The van der Waals surface area contributed by atoms with Gasteiger partial charge in [-0.1, -0.05) is 11.6 Å². The van der Waals surface area contributed by atoms with Crippen LogP contribution in [0.5, 0.6) is 0 Å². The van der Waals surface area contributed by atoms with E-state index in [-0.39, 0.29) is 5.95 Å². The standard InChI is InChI=1S/C7H5ClN4O/c8-4-1-2-5-6(3-4)12(13)11-7(9)10-5/h1-3H,(H2,9,10,11). The Morgan fingerprint density at radius 2 is 2.23 bits per heavy atom. The first-order valence-corrected chi connectivity index (χ1v) is 3.87. The monoisotopic (exact) mass is 196 g/mol. The van der Waals surface area contributed by atoms with Crippen LogP contribution in [-0.2, 0) is 0 Å². The van der Waals surface area contributed by atoms with Crippen molar-refractivity contribution in [1.82, 2.24) is 10.1 Å². The van der Waals surface area contributed by atoms with Gasteiger partial charge < -0.3 is 10.9 Å². The van der Waals surface area contributed by atoms with Gasteiger partial charge in [0.2, 0.25) is 0 Å². The number of rotatable bonds is 0. The lowest BCUT2D eigenvalue weighted by Gasteiger charge is -1.98. The largest absolute Gasteiger partial charge is 0.594 e. The molecule has 0 saturated heterocycles. The summed E-state index contributed by atoms with van der Waals surface area (Å²) in [6.07, 6.45) is 0. The fraction of sp³-hybridized carbons (Fsp3) is 0. The van der Waals surface area contributed by atoms with Gasteiger partial charge in [-0.25, -0.2) is 4.98 Å². The van der Waals surface area contributed by atoms with Gasteiger partial charge in [0.1, 0.15) is 5.52 Å². The number of nitrogen functional groups attached to an aromatic ring is 1. The highest BCUT2D eigenvalue weighted by Crippen LogP contribution is 2.14. The van der Waals surface area contributed by atoms with Gasteiger partial charge in [-0.15, -0.1) is 0 Å². The average Bonchev–Trinajstić information content (AvgIpc) is 2.06. The quantitative estimate of drug-likeness (QED) is 0.492. The van der Waals surface area contributed by atoms with Crippen LogP contribution in [0.3, 0.4) is 0 Å². The maximum Gasteiger partial charge on any atom is 0.288 e. The van der Waals surface area contributed by atoms with Crippen LogP contribution in [0.2, 0.25) is 5.02 Å². The first-order valence-electron chi connectivity index (χ1n) is 3.49. The Morgan fingerprint density at radius 3 is 3.00 bits per heavy atom. The SMILES string of the molecule is Nc1nc2ccc(Cl)cc2[n+]([O-])n1. The van der Waals surface area contributed by atoms with Crippen LogP contribution in [0.15, 0.2) is 18.2 Å². The topological polar surface area (TPSA) is 78.7 Å². The van der Waals surface area contributed by atoms with Crippen molar-refractivity contribution in [3.8, 4) is 0 Å². The molecular formula is C7H5ClN4O. The van der Waals surface area contributed by atoms with Crippen LogP contribution in [0, 0.1) is 5.21 Å². The number of nitrogens with zero attached hydrogens (tertiary/aromatic N) is 3. The fourth-order valence-corrected chi connectivity index (χ4v) is 1.20. The first kappa shape index (κ1) is 8.00. The number of fused-ring (bicyclic) bond motifs is 1. The van der Waals surface area contributed by atoms with Crippen LogP contribution < -0.4 is 10.6 Å². The Bertz CT molecular complexity index is 473. The molecule has 13 heavy (non-hydrogen) atoms. The van der Waals surface area contributed by atoms with Crippen molar-refractivity contribution in [3.05, 3.63) is 28.4 Å². The molecule has 0 spiro atoms. The summed E-state index contributed by atoms with van der Waals surface area (Å²) >= 11 is 5.69. The molecule has 0 bridgehead atoms. The molecule has 0 aliphatic heterocycles. The third kappa shape index (κ3) is 1.33. The van der Waals surface area contributed by atoms with E-state index in [0.29, 0.717) is 20.9 Å². The molecular weight excluding hydrogens is 192 g/mol. The summed E-state index contributed by atoms with van der Waals surface area (Å²) in [4.78, 5) is 4.27. The van der Waals surface area contributed by atoms with Gasteiger partial charge in [0.15, 0.2) is 0 Å². The minimum atomic E-state index is -0.0511. The Morgan fingerprint density at radius 1 is 1.46 bits per heavy atom. The van der Waals surface area contributed by atoms with E-state index in [1.165, 1.54) is 6.07 Å². The lowest BCUT2D eigenvalue weighted by molar-refractivity contribution is -0.641. The third-order valence-electron chi connectivity index (χ3n) is 1.57. The molecule has 66 valence electrons. The highest BCUT2D eigenvalue weighted by Gasteiger charge is 2.08. The maximum atomic E-state index is 11.2. The van der Waals surface area contributed by atoms with E-state index in [1.807, 2.05) is 0 Å². The second kappa shape index (κ2) is 2.70. The molecule has 2 aromatic rings. The van der Waals surface area contributed by atoms with Crippen molar-refractivity contribution in [2.24, 2.45) is 0 Å².